The first kappa shape index (κ1) is 16.2. The summed E-state index contributed by atoms with van der Waals surface area (Å²) in [5.41, 5.74) is 2.13. The van der Waals surface area contributed by atoms with Crippen LogP contribution in [0.3, 0.4) is 0 Å². The Morgan fingerprint density at radius 1 is 0.958 bits per heavy atom. The van der Waals surface area contributed by atoms with Crippen LogP contribution in [0.15, 0.2) is 42.5 Å². The molecule has 0 amide bonds. The summed E-state index contributed by atoms with van der Waals surface area (Å²) >= 11 is 0. The molecule has 0 bridgehead atoms. The van der Waals surface area contributed by atoms with Gasteiger partial charge in [0.1, 0.15) is 5.75 Å². The lowest BCUT2D eigenvalue weighted by Gasteiger charge is -2.30. The van der Waals surface area contributed by atoms with Gasteiger partial charge in [-0.05, 0) is 56.5 Å². The Kier molecular flexibility index (Phi) is 4.65. The Morgan fingerprint density at radius 3 is 2.33 bits per heavy atom. The molecule has 1 aliphatic rings. The molecule has 1 fully saturated rings. The normalized spacial score (nSPS) is 14.5. The fourth-order valence-electron chi connectivity index (χ4n) is 3.19. The quantitative estimate of drug-likeness (QED) is 0.869. The molecule has 0 radical (unpaired) electrons. The molecule has 0 atom stereocenters. The van der Waals surface area contributed by atoms with Gasteiger partial charge >= 0.3 is 0 Å². The maximum atomic E-state index is 12.6. The van der Waals surface area contributed by atoms with Gasteiger partial charge in [0.25, 0.3) is 0 Å². The fourth-order valence-corrected chi connectivity index (χ4v) is 3.19. The highest BCUT2D eigenvalue weighted by atomic mass is 16.3. The van der Waals surface area contributed by atoms with Gasteiger partial charge < -0.3 is 10.0 Å². The third-order valence-corrected chi connectivity index (χ3v) is 4.48. The number of Topliss-reactive ketones (excluding diaryl/α,β-unsaturated/α-hetero) is 1. The molecule has 0 saturated carbocycles. The molecular formula is C20H21NO3. The number of piperidine rings is 1. The van der Waals surface area contributed by atoms with Crippen LogP contribution in [0.2, 0.25) is 0 Å². The minimum Gasteiger partial charge on any atom is -0.507 e. The Balaban J connectivity index is 1.99. The van der Waals surface area contributed by atoms with Crippen molar-refractivity contribution in [3.05, 3.63) is 59.2 Å². The van der Waals surface area contributed by atoms with Crippen LogP contribution < -0.4 is 4.90 Å². The first-order valence-electron chi connectivity index (χ1n) is 8.30. The van der Waals surface area contributed by atoms with E-state index >= 15 is 0 Å². The summed E-state index contributed by atoms with van der Waals surface area (Å²) in [5, 5.41) is 9.88. The van der Waals surface area contributed by atoms with Crippen molar-refractivity contribution in [3.63, 3.8) is 0 Å². The molecule has 0 spiro atoms. The zero-order valence-corrected chi connectivity index (χ0v) is 13.8. The van der Waals surface area contributed by atoms with Crippen molar-refractivity contribution >= 4 is 17.3 Å². The van der Waals surface area contributed by atoms with Crippen LogP contribution in [0, 0.1) is 0 Å². The second kappa shape index (κ2) is 6.87. The molecule has 2 aromatic carbocycles. The van der Waals surface area contributed by atoms with Crippen molar-refractivity contribution in [2.75, 3.05) is 18.0 Å². The molecule has 0 aromatic heterocycles. The van der Waals surface area contributed by atoms with Crippen LogP contribution in [0.4, 0.5) is 5.69 Å². The van der Waals surface area contributed by atoms with Crippen molar-refractivity contribution in [3.8, 4) is 5.75 Å². The van der Waals surface area contributed by atoms with E-state index in [0.29, 0.717) is 11.1 Å². The van der Waals surface area contributed by atoms with Crippen molar-refractivity contribution in [1.29, 1.82) is 0 Å². The van der Waals surface area contributed by atoms with Crippen LogP contribution in [0.1, 0.15) is 52.5 Å². The summed E-state index contributed by atoms with van der Waals surface area (Å²) in [6.45, 7) is 3.40. The van der Waals surface area contributed by atoms with E-state index in [1.807, 2.05) is 6.07 Å². The van der Waals surface area contributed by atoms with Gasteiger partial charge in [-0.2, -0.15) is 0 Å². The molecule has 0 aliphatic carbocycles. The summed E-state index contributed by atoms with van der Waals surface area (Å²) in [6, 6.07) is 11.7. The highest BCUT2D eigenvalue weighted by Crippen LogP contribution is 2.28. The smallest absolute Gasteiger partial charge is 0.196 e. The van der Waals surface area contributed by atoms with Crippen LogP contribution in [-0.4, -0.2) is 29.8 Å². The number of benzene rings is 2. The second-order valence-corrected chi connectivity index (χ2v) is 6.18. The van der Waals surface area contributed by atoms with E-state index in [9.17, 15) is 14.7 Å². The monoisotopic (exact) mass is 323 g/mol. The predicted molar refractivity (Wildman–Crippen MR) is 94.0 cm³/mol. The molecule has 1 N–H and O–H groups in total. The van der Waals surface area contributed by atoms with E-state index in [4.69, 9.17) is 0 Å². The number of aromatic hydroxyl groups is 1. The van der Waals surface area contributed by atoms with Crippen molar-refractivity contribution in [2.24, 2.45) is 0 Å². The average molecular weight is 323 g/mol. The van der Waals surface area contributed by atoms with E-state index in [2.05, 4.69) is 4.90 Å². The molecule has 3 rings (SSSR count). The maximum absolute atomic E-state index is 12.6. The highest BCUT2D eigenvalue weighted by molar-refractivity contribution is 6.12. The van der Waals surface area contributed by atoms with Crippen molar-refractivity contribution in [1.82, 2.24) is 0 Å². The number of carbonyl (C=O) groups is 2. The van der Waals surface area contributed by atoms with Crippen molar-refractivity contribution in [2.45, 2.75) is 26.2 Å². The van der Waals surface area contributed by atoms with Gasteiger partial charge in [-0.15, -0.1) is 0 Å². The standard InChI is InChI=1S/C20H21NO3/c1-14(22)17-13-15(20(24)16-7-3-4-8-19(16)23)9-10-18(17)21-11-5-2-6-12-21/h3-4,7-10,13,23H,2,5-6,11-12H2,1H3. The number of anilines is 1. The molecule has 1 heterocycles. The molecule has 4 nitrogen and oxygen atoms in total. The second-order valence-electron chi connectivity index (χ2n) is 6.18. The lowest BCUT2D eigenvalue weighted by molar-refractivity contribution is 0.101. The Morgan fingerprint density at radius 2 is 1.67 bits per heavy atom. The fraction of sp³-hybridized carbons (Fsp3) is 0.300. The zero-order chi connectivity index (χ0) is 17.1. The number of rotatable bonds is 4. The number of phenolic OH excluding ortho intramolecular Hbond substituents is 1. The summed E-state index contributed by atoms with van der Waals surface area (Å²) in [6.07, 6.45) is 3.46. The maximum Gasteiger partial charge on any atom is 0.196 e. The van der Waals surface area contributed by atoms with Gasteiger partial charge in [0, 0.05) is 29.9 Å². The van der Waals surface area contributed by atoms with Gasteiger partial charge in [0.15, 0.2) is 11.6 Å². The SMILES string of the molecule is CC(=O)c1cc(C(=O)c2ccccc2O)ccc1N1CCCCC1. The van der Waals surface area contributed by atoms with Gasteiger partial charge in [0.05, 0.1) is 5.56 Å². The molecule has 0 unspecified atom stereocenters. The van der Waals surface area contributed by atoms with Gasteiger partial charge in [-0.3, -0.25) is 9.59 Å². The third kappa shape index (κ3) is 3.18. The van der Waals surface area contributed by atoms with Crippen LogP contribution in [-0.2, 0) is 0 Å². The van der Waals surface area contributed by atoms with Crippen molar-refractivity contribution < 1.29 is 14.7 Å². The first-order chi connectivity index (χ1) is 11.6. The number of hydrogen-bond donors (Lipinski definition) is 1. The van der Waals surface area contributed by atoms with E-state index < -0.39 is 0 Å². The summed E-state index contributed by atoms with van der Waals surface area (Å²) in [7, 11) is 0. The predicted octanol–water partition coefficient (Wildman–Crippen LogP) is 3.82. The Hall–Kier alpha value is -2.62. The average Bonchev–Trinajstić information content (AvgIpc) is 2.62. The minimum absolute atomic E-state index is 0.0491. The highest BCUT2D eigenvalue weighted by Gasteiger charge is 2.20. The topological polar surface area (TPSA) is 57.6 Å². The lowest BCUT2D eigenvalue weighted by atomic mass is 9.97. The number of carbonyl (C=O) groups excluding carboxylic acids is 2. The Bertz CT molecular complexity index is 776. The van der Waals surface area contributed by atoms with E-state index in [0.717, 1.165) is 31.6 Å². The Labute approximate surface area is 141 Å². The number of para-hydroxylation sites is 1. The first-order valence-corrected chi connectivity index (χ1v) is 8.30. The molecule has 4 heteroatoms. The largest absolute Gasteiger partial charge is 0.507 e. The van der Waals surface area contributed by atoms with E-state index in [1.54, 1.807) is 30.3 Å². The molecule has 124 valence electrons. The minimum atomic E-state index is -0.277. The summed E-state index contributed by atoms with van der Waals surface area (Å²) < 4.78 is 0. The van der Waals surface area contributed by atoms with Crippen LogP contribution in [0.5, 0.6) is 5.75 Å². The van der Waals surface area contributed by atoms with E-state index in [1.165, 1.54) is 19.4 Å². The van der Waals surface area contributed by atoms with Crippen LogP contribution >= 0.6 is 0 Å². The number of ketones is 2. The van der Waals surface area contributed by atoms with Crippen LogP contribution in [0.25, 0.3) is 0 Å². The van der Waals surface area contributed by atoms with E-state index in [-0.39, 0.29) is 22.9 Å². The zero-order valence-electron chi connectivity index (χ0n) is 13.8. The van der Waals surface area contributed by atoms with Gasteiger partial charge in [-0.25, -0.2) is 0 Å². The molecule has 2 aromatic rings. The molecule has 1 saturated heterocycles. The molecule has 24 heavy (non-hydrogen) atoms. The summed E-state index contributed by atoms with van der Waals surface area (Å²) in [5.74, 6) is -0.379. The third-order valence-electron chi connectivity index (χ3n) is 4.48. The van der Waals surface area contributed by atoms with Gasteiger partial charge in [0.2, 0.25) is 0 Å². The summed E-state index contributed by atoms with van der Waals surface area (Å²) in [4.78, 5) is 27.0. The number of hydrogen-bond acceptors (Lipinski definition) is 4. The lowest BCUT2D eigenvalue weighted by Crippen LogP contribution is -2.30. The molecular weight excluding hydrogens is 302 g/mol. The number of phenols is 1. The molecule has 1 aliphatic heterocycles. The van der Waals surface area contributed by atoms with Gasteiger partial charge in [-0.1, -0.05) is 12.1 Å². The number of nitrogens with zero attached hydrogens (tertiary/aromatic N) is 1.